The molecule has 0 heterocycles. The second-order valence-electron chi connectivity index (χ2n) is 4.45. The molecule has 3 N–H and O–H groups in total. The maximum Gasteiger partial charge on any atom is 0.334 e. The highest BCUT2D eigenvalue weighted by Gasteiger charge is 2.14. The molecule has 0 spiro atoms. The van der Waals surface area contributed by atoms with E-state index in [1.807, 2.05) is 32.0 Å². The average molecular weight is 281 g/mol. The molecule has 1 aromatic carbocycles. The molecule has 20 heavy (non-hydrogen) atoms. The number of carboxylic acid groups (broad SMARTS) is 1. The fourth-order valence-corrected chi connectivity index (χ4v) is 1.52. The average Bonchev–Trinajstić information content (AvgIpc) is 2.40. The molecule has 1 unspecified atom stereocenters. The zero-order chi connectivity index (χ0) is 15.1. The lowest BCUT2D eigenvalue weighted by Gasteiger charge is -2.11. The number of carbonyl (C=O) groups excluding carboxylic acids is 1. The van der Waals surface area contributed by atoms with Crippen LogP contribution in [0.3, 0.4) is 0 Å². The number of aliphatic carboxylic acids is 1. The first-order chi connectivity index (χ1) is 9.41. The fourth-order valence-electron chi connectivity index (χ4n) is 1.52. The number of benzene rings is 1. The van der Waals surface area contributed by atoms with Gasteiger partial charge in [0.15, 0.2) is 6.10 Å². The van der Waals surface area contributed by atoms with Crippen LogP contribution in [0.4, 0.5) is 0 Å². The largest absolute Gasteiger partial charge is 0.493 e. The van der Waals surface area contributed by atoms with Gasteiger partial charge in [0.1, 0.15) is 5.75 Å². The molecular weight excluding hydrogens is 262 g/mol. The highest BCUT2D eigenvalue weighted by Crippen LogP contribution is 2.20. The van der Waals surface area contributed by atoms with Crippen molar-refractivity contribution in [3.8, 4) is 5.75 Å². The summed E-state index contributed by atoms with van der Waals surface area (Å²) < 4.78 is 5.50. The number of aryl methyl sites for hydroxylation is 1. The topological polar surface area (TPSA) is 95.9 Å². The minimum absolute atomic E-state index is 0.0969. The van der Waals surface area contributed by atoms with Crippen molar-refractivity contribution >= 4 is 11.9 Å². The molecule has 110 valence electrons. The summed E-state index contributed by atoms with van der Waals surface area (Å²) in [5, 5.41) is 19.8. The van der Waals surface area contributed by atoms with Crippen molar-refractivity contribution in [2.45, 2.75) is 26.4 Å². The van der Waals surface area contributed by atoms with Gasteiger partial charge in [-0.25, -0.2) is 4.79 Å². The van der Waals surface area contributed by atoms with Gasteiger partial charge >= 0.3 is 5.97 Å². The fraction of sp³-hybridized carbons (Fsp3) is 0.429. The molecule has 1 rings (SSSR count). The van der Waals surface area contributed by atoms with E-state index in [2.05, 4.69) is 5.32 Å². The Balaban J connectivity index is 2.32. The minimum atomic E-state index is -1.58. The molecule has 0 aromatic heterocycles. The molecule has 0 saturated carbocycles. The summed E-state index contributed by atoms with van der Waals surface area (Å²) >= 11 is 0. The van der Waals surface area contributed by atoms with Crippen LogP contribution >= 0.6 is 0 Å². The molecule has 1 amide bonds. The number of hydrogen-bond acceptors (Lipinski definition) is 4. The molecule has 0 fully saturated rings. The van der Waals surface area contributed by atoms with E-state index >= 15 is 0 Å². The van der Waals surface area contributed by atoms with Crippen LogP contribution in [0.1, 0.15) is 17.5 Å². The van der Waals surface area contributed by atoms with Crippen molar-refractivity contribution in [1.82, 2.24) is 5.32 Å². The standard InChI is InChI=1S/C14H19NO5/c1-9-4-3-5-12(10(9)2)20-7-6-13(17)15-8-11(16)14(18)19/h3-5,11,16H,6-8H2,1-2H3,(H,15,17)(H,18,19). The van der Waals surface area contributed by atoms with Crippen molar-refractivity contribution in [2.75, 3.05) is 13.2 Å². The molecule has 0 aliphatic rings. The number of aliphatic hydroxyl groups excluding tert-OH is 1. The summed E-state index contributed by atoms with van der Waals surface area (Å²) in [4.78, 5) is 21.8. The summed E-state index contributed by atoms with van der Waals surface area (Å²) in [6.45, 7) is 3.80. The zero-order valence-electron chi connectivity index (χ0n) is 11.5. The highest BCUT2D eigenvalue weighted by atomic mass is 16.5. The Morgan fingerprint density at radius 2 is 2.05 bits per heavy atom. The lowest BCUT2D eigenvalue weighted by atomic mass is 10.1. The lowest BCUT2D eigenvalue weighted by Crippen LogP contribution is -2.36. The first-order valence-electron chi connectivity index (χ1n) is 6.28. The Morgan fingerprint density at radius 1 is 1.35 bits per heavy atom. The van der Waals surface area contributed by atoms with E-state index < -0.39 is 12.1 Å². The van der Waals surface area contributed by atoms with Gasteiger partial charge in [0.05, 0.1) is 19.6 Å². The number of carboxylic acids is 1. The van der Waals surface area contributed by atoms with Crippen LogP contribution in [0.15, 0.2) is 18.2 Å². The van der Waals surface area contributed by atoms with Crippen molar-refractivity contribution in [3.05, 3.63) is 29.3 Å². The maximum atomic E-state index is 11.4. The van der Waals surface area contributed by atoms with Crippen LogP contribution in [-0.2, 0) is 9.59 Å². The molecule has 6 nitrogen and oxygen atoms in total. The molecule has 0 radical (unpaired) electrons. The maximum absolute atomic E-state index is 11.4. The number of amides is 1. The Morgan fingerprint density at radius 3 is 2.70 bits per heavy atom. The molecule has 6 heteroatoms. The molecule has 1 aromatic rings. The lowest BCUT2D eigenvalue weighted by molar-refractivity contribution is -0.146. The van der Waals surface area contributed by atoms with Crippen molar-refractivity contribution < 1.29 is 24.5 Å². The predicted octanol–water partition coefficient (Wildman–Crippen LogP) is 0.634. The molecule has 0 bridgehead atoms. The normalized spacial score (nSPS) is 11.8. The van der Waals surface area contributed by atoms with Gasteiger partial charge < -0.3 is 20.3 Å². The Labute approximate surface area is 117 Å². The van der Waals surface area contributed by atoms with E-state index in [-0.39, 0.29) is 25.5 Å². The Hall–Kier alpha value is -2.08. The van der Waals surface area contributed by atoms with Gasteiger partial charge in [-0.05, 0) is 31.0 Å². The van der Waals surface area contributed by atoms with E-state index in [1.54, 1.807) is 0 Å². The summed E-state index contributed by atoms with van der Waals surface area (Å²) in [6, 6.07) is 5.68. The number of hydrogen-bond donors (Lipinski definition) is 3. The van der Waals surface area contributed by atoms with Crippen LogP contribution in [0.5, 0.6) is 5.75 Å². The number of carbonyl (C=O) groups is 2. The van der Waals surface area contributed by atoms with Crippen molar-refractivity contribution in [2.24, 2.45) is 0 Å². The van der Waals surface area contributed by atoms with Gasteiger partial charge in [0, 0.05) is 0 Å². The molecular formula is C14H19NO5. The van der Waals surface area contributed by atoms with Crippen LogP contribution in [0.25, 0.3) is 0 Å². The van der Waals surface area contributed by atoms with Gasteiger partial charge in [-0.3, -0.25) is 4.79 Å². The van der Waals surface area contributed by atoms with Gasteiger partial charge in [0.25, 0.3) is 0 Å². The smallest absolute Gasteiger partial charge is 0.334 e. The van der Waals surface area contributed by atoms with Crippen LogP contribution in [0.2, 0.25) is 0 Å². The van der Waals surface area contributed by atoms with Gasteiger partial charge in [-0.15, -0.1) is 0 Å². The first-order valence-corrected chi connectivity index (χ1v) is 6.28. The van der Waals surface area contributed by atoms with Crippen LogP contribution in [-0.4, -0.2) is 41.3 Å². The van der Waals surface area contributed by atoms with Gasteiger partial charge in [0.2, 0.25) is 5.91 Å². The number of aliphatic hydroxyl groups is 1. The minimum Gasteiger partial charge on any atom is -0.493 e. The summed E-state index contributed by atoms with van der Waals surface area (Å²) in [5.41, 5.74) is 2.13. The summed E-state index contributed by atoms with van der Waals surface area (Å²) in [6.07, 6.45) is -1.49. The van der Waals surface area contributed by atoms with E-state index in [0.29, 0.717) is 0 Å². The zero-order valence-corrected chi connectivity index (χ0v) is 11.5. The first kappa shape index (κ1) is 16.0. The number of rotatable bonds is 7. The van der Waals surface area contributed by atoms with Crippen molar-refractivity contribution in [3.63, 3.8) is 0 Å². The third kappa shape index (κ3) is 4.89. The number of ether oxygens (including phenoxy) is 1. The van der Waals surface area contributed by atoms with Gasteiger partial charge in [-0.1, -0.05) is 12.1 Å². The Kier molecular flexibility index (Phi) is 5.99. The predicted molar refractivity (Wildman–Crippen MR) is 72.7 cm³/mol. The second-order valence-corrected chi connectivity index (χ2v) is 4.45. The summed E-state index contributed by atoms with van der Waals surface area (Å²) in [5.74, 6) is -1.00. The molecule has 0 saturated heterocycles. The highest BCUT2D eigenvalue weighted by molar-refractivity contribution is 5.78. The molecule has 1 atom stereocenters. The van der Waals surface area contributed by atoms with E-state index in [4.69, 9.17) is 14.9 Å². The van der Waals surface area contributed by atoms with E-state index in [1.165, 1.54) is 0 Å². The molecule has 0 aliphatic heterocycles. The molecule has 0 aliphatic carbocycles. The van der Waals surface area contributed by atoms with Crippen LogP contribution in [0, 0.1) is 13.8 Å². The van der Waals surface area contributed by atoms with E-state index in [9.17, 15) is 9.59 Å². The van der Waals surface area contributed by atoms with Gasteiger partial charge in [-0.2, -0.15) is 0 Å². The van der Waals surface area contributed by atoms with Crippen molar-refractivity contribution in [1.29, 1.82) is 0 Å². The third-order valence-electron chi connectivity index (χ3n) is 2.92. The second kappa shape index (κ2) is 7.49. The summed E-state index contributed by atoms with van der Waals surface area (Å²) in [7, 11) is 0. The monoisotopic (exact) mass is 281 g/mol. The van der Waals surface area contributed by atoms with Crippen LogP contribution < -0.4 is 10.1 Å². The number of nitrogens with one attached hydrogen (secondary N) is 1. The quantitative estimate of drug-likeness (QED) is 0.681. The van der Waals surface area contributed by atoms with E-state index in [0.717, 1.165) is 16.9 Å². The Bertz CT molecular complexity index is 486. The SMILES string of the molecule is Cc1cccc(OCCC(=O)NCC(O)C(=O)O)c1C. The third-order valence-corrected chi connectivity index (χ3v) is 2.92.